The van der Waals surface area contributed by atoms with Gasteiger partial charge in [0, 0.05) is 22.6 Å². The van der Waals surface area contributed by atoms with Gasteiger partial charge >= 0.3 is 0 Å². The second-order valence-corrected chi connectivity index (χ2v) is 8.61. The topological polar surface area (TPSA) is 84.7 Å². The van der Waals surface area contributed by atoms with Crippen LogP contribution in [0.25, 0.3) is 5.69 Å². The Morgan fingerprint density at radius 3 is 2.49 bits per heavy atom. The number of hydrogen-bond donors (Lipinski definition) is 2. The van der Waals surface area contributed by atoms with E-state index in [4.69, 9.17) is 16.3 Å². The fraction of sp³-hybridized carbons (Fsp3) is 0.107. The molecule has 1 heterocycles. The molecule has 0 bridgehead atoms. The Bertz CT molecular complexity index is 1460. The van der Waals surface area contributed by atoms with Gasteiger partial charge in [-0.05, 0) is 80.1 Å². The van der Waals surface area contributed by atoms with Crippen LogP contribution in [0.1, 0.15) is 27.3 Å². The van der Waals surface area contributed by atoms with Crippen LogP contribution in [-0.2, 0) is 4.79 Å². The molecule has 3 aromatic carbocycles. The molecule has 0 fully saturated rings. The first kappa shape index (κ1) is 25.7. The zero-order valence-electron chi connectivity index (χ0n) is 20.2. The molecule has 0 aliphatic rings. The summed E-state index contributed by atoms with van der Waals surface area (Å²) in [6, 6.07) is 22.0. The molecule has 0 aliphatic carbocycles. The van der Waals surface area contributed by atoms with E-state index in [2.05, 4.69) is 20.4 Å². The summed E-state index contributed by atoms with van der Waals surface area (Å²) >= 11 is 6.26. The lowest BCUT2D eigenvalue weighted by molar-refractivity contribution is -0.118. The van der Waals surface area contributed by atoms with Crippen LogP contribution in [0.2, 0.25) is 5.02 Å². The molecule has 1 aromatic heterocycles. The Morgan fingerprint density at radius 2 is 1.76 bits per heavy atom. The molecule has 0 atom stereocenters. The van der Waals surface area contributed by atoms with E-state index >= 15 is 0 Å². The molecule has 0 saturated heterocycles. The third-order valence-electron chi connectivity index (χ3n) is 5.48. The molecule has 7 nitrogen and oxygen atoms in total. The molecule has 0 radical (unpaired) electrons. The van der Waals surface area contributed by atoms with E-state index in [1.807, 2.05) is 38.1 Å². The Morgan fingerprint density at radius 1 is 1.00 bits per heavy atom. The summed E-state index contributed by atoms with van der Waals surface area (Å²) in [5, 5.41) is 6.70. The average Bonchev–Trinajstić information content (AvgIpc) is 3.22. The van der Waals surface area contributed by atoms with Gasteiger partial charge in [0.2, 0.25) is 0 Å². The number of benzene rings is 3. The number of nitrogens with zero attached hydrogens (tertiary/aromatic N) is 2. The normalized spacial score (nSPS) is 10.9. The first-order valence-corrected chi connectivity index (χ1v) is 11.7. The Balaban J connectivity index is 1.33. The highest BCUT2D eigenvalue weighted by atomic mass is 35.5. The highest BCUT2D eigenvalue weighted by Gasteiger charge is 2.10. The highest BCUT2D eigenvalue weighted by molar-refractivity contribution is 6.32. The number of nitrogens with one attached hydrogen (secondary N) is 2. The summed E-state index contributed by atoms with van der Waals surface area (Å²) in [4.78, 5) is 24.7. The molecule has 37 heavy (non-hydrogen) atoms. The van der Waals surface area contributed by atoms with Crippen molar-refractivity contribution in [3.63, 3.8) is 0 Å². The van der Waals surface area contributed by atoms with Crippen molar-refractivity contribution in [1.82, 2.24) is 9.99 Å². The lowest BCUT2D eigenvalue weighted by atomic mass is 10.2. The quantitative estimate of drug-likeness (QED) is 0.233. The van der Waals surface area contributed by atoms with E-state index in [0.717, 1.165) is 17.1 Å². The van der Waals surface area contributed by atoms with Gasteiger partial charge in [-0.3, -0.25) is 9.59 Å². The monoisotopic (exact) mass is 518 g/mol. The number of amides is 2. The summed E-state index contributed by atoms with van der Waals surface area (Å²) < 4.78 is 21.2. The molecule has 9 heteroatoms. The molecular formula is C28H24ClFN4O3. The van der Waals surface area contributed by atoms with Gasteiger partial charge < -0.3 is 14.6 Å². The predicted octanol–water partition coefficient (Wildman–Crippen LogP) is 5.67. The third kappa shape index (κ3) is 6.42. The van der Waals surface area contributed by atoms with Gasteiger partial charge in [-0.15, -0.1) is 0 Å². The van der Waals surface area contributed by atoms with E-state index in [1.54, 1.807) is 36.4 Å². The average molecular weight is 519 g/mol. The summed E-state index contributed by atoms with van der Waals surface area (Å²) in [5.74, 6) is -1.14. The number of hydrazone groups is 1. The zero-order valence-corrected chi connectivity index (χ0v) is 20.9. The van der Waals surface area contributed by atoms with Gasteiger partial charge in [-0.25, -0.2) is 9.82 Å². The van der Waals surface area contributed by atoms with Crippen molar-refractivity contribution in [3.8, 4) is 11.4 Å². The number of para-hydroxylation sites is 1. The molecule has 0 aliphatic heterocycles. The Kier molecular flexibility index (Phi) is 8.00. The van der Waals surface area contributed by atoms with Gasteiger partial charge in [0.05, 0.1) is 16.9 Å². The van der Waals surface area contributed by atoms with Crippen LogP contribution in [0, 0.1) is 19.7 Å². The highest BCUT2D eigenvalue weighted by Crippen LogP contribution is 2.25. The van der Waals surface area contributed by atoms with Gasteiger partial charge in [-0.1, -0.05) is 29.8 Å². The number of carbonyl (C=O) groups is 2. The Labute approximate surface area is 218 Å². The summed E-state index contributed by atoms with van der Waals surface area (Å²) in [6.07, 6.45) is 1.45. The van der Waals surface area contributed by atoms with E-state index in [-0.39, 0.29) is 29.0 Å². The second kappa shape index (κ2) is 11.5. The van der Waals surface area contributed by atoms with E-state index in [0.29, 0.717) is 11.1 Å². The molecule has 2 N–H and O–H groups in total. The minimum atomic E-state index is -0.539. The van der Waals surface area contributed by atoms with Gasteiger partial charge in [0.15, 0.2) is 6.61 Å². The maximum Gasteiger partial charge on any atom is 0.271 e. The SMILES string of the molecule is Cc1ccc(C)n1-c1cccc(C(=O)N/N=C\c2ccc(OCC(=O)Nc3ccccc3F)c(Cl)c2)c1. The van der Waals surface area contributed by atoms with Crippen LogP contribution in [-0.4, -0.2) is 29.2 Å². The van der Waals surface area contributed by atoms with Crippen LogP contribution >= 0.6 is 11.6 Å². The number of aryl methyl sites for hydroxylation is 2. The van der Waals surface area contributed by atoms with E-state index in [9.17, 15) is 14.0 Å². The van der Waals surface area contributed by atoms with E-state index in [1.165, 1.54) is 24.4 Å². The number of aromatic nitrogens is 1. The molecule has 0 saturated carbocycles. The number of halogens is 2. The van der Waals surface area contributed by atoms with Crippen molar-refractivity contribution in [2.75, 3.05) is 11.9 Å². The number of ether oxygens (including phenoxy) is 1. The zero-order chi connectivity index (χ0) is 26.4. The summed E-state index contributed by atoms with van der Waals surface area (Å²) in [6.45, 7) is 3.66. The van der Waals surface area contributed by atoms with E-state index < -0.39 is 11.7 Å². The number of rotatable bonds is 8. The van der Waals surface area contributed by atoms with Crippen LogP contribution in [0.5, 0.6) is 5.75 Å². The molecule has 4 rings (SSSR count). The largest absolute Gasteiger partial charge is 0.482 e. The van der Waals surface area contributed by atoms with Crippen molar-refractivity contribution in [2.24, 2.45) is 5.10 Å². The van der Waals surface area contributed by atoms with Gasteiger partial charge in [-0.2, -0.15) is 5.10 Å². The van der Waals surface area contributed by atoms with Crippen LogP contribution < -0.4 is 15.5 Å². The first-order chi connectivity index (χ1) is 17.8. The molecule has 0 spiro atoms. The minimum absolute atomic E-state index is 0.0671. The molecule has 0 unspecified atom stereocenters. The Hall–Kier alpha value is -4.43. The molecule has 4 aromatic rings. The summed E-state index contributed by atoms with van der Waals surface area (Å²) in [7, 11) is 0. The van der Waals surface area contributed by atoms with Crippen molar-refractivity contribution >= 4 is 35.3 Å². The minimum Gasteiger partial charge on any atom is -0.482 e. The van der Waals surface area contributed by atoms with Gasteiger partial charge in [0.1, 0.15) is 11.6 Å². The van der Waals surface area contributed by atoms with Crippen LogP contribution in [0.15, 0.2) is 84.0 Å². The maximum atomic E-state index is 13.7. The first-order valence-electron chi connectivity index (χ1n) is 11.4. The lowest BCUT2D eigenvalue weighted by Crippen LogP contribution is -2.20. The number of carbonyl (C=O) groups excluding carboxylic acids is 2. The second-order valence-electron chi connectivity index (χ2n) is 8.21. The smallest absolute Gasteiger partial charge is 0.271 e. The molecule has 188 valence electrons. The third-order valence-corrected chi connectivity index (χ3v) is 5.78. The van der Waals surface area contributed by atoms with Crippen molar-refractivity contribution in [2.45, 2.75) is 13.8 Å². The standard InChI is InChI=1S/C28H24ClFN4O3/c1-18-10-11-19(2)34(18)22-7-5-6-21(15-22)28(36)33-31-16-20-12-13-26(23(29)14-20)37-17-27(35)32-25-9-4-3-8-24(25)30/h3-16H,17H2,1-2H3,(H,32,35)(H,33,36)/b31-16-. The lowest BCUT2D eigenvalue weighted by Gasteiger charge is -2.10. The van der Waals surface area contributed by atoms with Crippen molar-refractivity contribution < 1.29 is 18.7 Å². The fourth-order valence-corrected chi connectivity index (χ4v) is 3.94. The van der Waals surface area contributed by atoms with Gasteiger partial charge in [0.25, 0.3) is 11.8 Å². The van der Waals surface area contributed by atoms with Crippen LogP contribution in [0.4, 0.5) is 10.1 Å². The number of hydrogen-bond acceptors (Lipinski definition) is 4. The maximum absolute atomic E-state index is 13.7. The summed E-state index contributed by atoms with van der Waals surface area (Å²) in [5.41, 5.74) is 6.70. The number of anilines is 1. The fourth-order valence-electron chi connectivity index (χ4n) is 3.70. The van der Waals surface area contributed by atoms with Crippen molar-refractivity contribution in [3.05, 3.63) is 112 Å². The molecule has 2 amide bonds. The molecular weight excluding hydrogens is 495 g/mol. The predicted molar refractivity (Wildman–Crippen MR) is 142 cm³/mol. The van der Waals surface area contributed by atoms with Crippen molar-refractivity contribution in [1.29, 1.82) is 0 Å². The van der Waals surface area contributed by atoms with Crippen LogP contribution in [0.3, 0.4) is 0 Å².